The molecular formula is C18H18ClN5O3. The Hall–Kier alpha value is -2.97. The Balaban J connectivity index is 2.16. The molecule has 140 valence electrons. The molecule has 0 aliphatic heterocycles. The molecule has 0 unspecified atom stereocenters. The number of nitrogens with one attached hydrogen (secondary N) is 1. The highest BCUT2D eigenvalue weighted by atomic mass is 35.5. The molecule has 8 nitrogen and oxygen atoms in total. The van der Waals surface area contributed by atoms with Gasteiger partial charge in [0.1, 0.15) is 11.3 Å². The lowest BCUT2D eigenvalue weighted by Gasteiger charge is -2.13. The van der Waals surface area contributed by atoms with Crippen LogP contribution in [-0.4, -0.2) is 43.2 Å². The minimum absolute atomic E-state index is 0.00141. The van der Waals surface area contributed by atoms with Gasteiger partial charge in [0.25, 0.3) is 11.5 Å². The van der Waals surface area contributed by atoms with Crippen molar-refractivity contribution in [1.82, 2.24) is 24.9 Å². The van der Waals surface area contributed by atoms with E-state index in [4.69, 9.17) is 18.5 Å². The molecule has 1 atom stereocenters. The van der Waals surface area contributed by atoms with Gasteiger partial charge in [0, 0.05) is 27.7 Å². The molecule has 0 spiro atoms. The summed E-state index contributed by atoms with van der Waals surface area (Å²) in [6.45, 7) is -4.07. The topological polar surface area (TPSA) is 102 Å². The molecule has 0 radical (unpaired) electrons. The number of aliphatic hydroxyl groups is 1. The monoisotopic (exact) mass is 392 g/mol. The third-order valence-electron chi connectivity index (χ3n) is 3.65. The highest BCUT2D eigenvalue weighted by Gasteiger charge is 2.19. The first-order valence-corrected chi connectivity index (χ1v) is 8.14. The van der Waals surface area contributed by atoms with Crippen molar-refractivity contribution in [3.8, 4) is 16.9 Å². The summed E-state index contributed by atoms with van der Waals surface area (Å²) in [6.07, 6.45) is 2.20. The van der Waals surface area contributed by atoms with Crippen LogP contribution in [0.25, 0.3) is 16.9 Å². The Kier molecular flexibility index (Phi) is 3.79. The van der Waals surface area contributed by atoms with E-state index in [-0.39, 0.29) is 11.4 Å². The molecule has 2 heterocycles. The van der Waals surface area contributed by atoms with Crippen molar-refractivity contribution in [3.05, 3.63) is 63.7 Å². The first-order chi connectivity index (χ1) is 14.8. The number of aryl methyl sites for hydroxylation is 1. The van der Waals surface area contributed by atoms with Crippen LogP contribution in [0.15, 0.2) is 47.5 Å². The summed E-state index contributed by atoms with van der Waals surface area (Å²) in [4.78, 5) is 25.8. The van der Waals surface area contributed by atoms with E-state index in [9.17, 15) is 14.7 Å². The number of amides is 1. The van der Waals surface area contributed by atoms with Crippen molar-refractivity contribution in [1.29, 1.82) is 0 Å². The summed E-state index contributed by atoms with van der Waals surface area (Å²) in [5.74, 6) is -0.949. The molecule has 2 N–H and O–H groups in total. The number of hydrogen-bond acceptors (Lipinski definition) is 5. The molecular weight excluding hydrogens is 370 g/mol. The smallest absolute Gasteiger partial charge is 0.284 e. The van der Waals surface area contributed by atoms with E-state index in [0.29, 0.717) is 15.3 Å². The predicted molar refractivity (Wildman–Crippen MR) is 101 cm³/mol. The zero-order valence-corrected chi connectivity index (χ0v) is 14.8. The van der Waals surface area contributed by atoms with Crippen LogP contribution in [-0.2, 0) is 6.98 Å². The minimum atomic E-state index is -2.72. The zero-order chi connectivity index (χ0) is 23.8. The van der Waals surface area contributed by atoms with Gasteiger partial charge in [-0.25, -0.2) is 0 Å². The summed E-state index contributed by atoms with van der Waals surface area (Å²) < 4.78 is 38.4. The quantitative estimate of drug-likeness (QED) is 0.683. The number of hydrogen-bond donors (Lipinski definition) is 2. The maximum Gasteiger partial charge on any atom is 0.284 e. The Labute approximate surface area is 167 Å². The summed E-state index contributed by atoms with van der Waals surface area (Å²) >= 11 is 5.92. The standard InChI is InChI=1S/C18H18ClN5O3/c1-11(10-25)21-17(26)15-7-16(12-3-5-13(19)6-4-12)22-24(18(15)27)14-8-20-23(2)9-14/h3-9,11,25H,10H2,1-2H3,(H,21,26)/t11-/m0/s1/i2D3,10D2. The maximum atomic E-state index is 13.0. The molecule has 1 aromatic carbocycles. The van der Waals surface area contributed by atoms with Crippen LogP contribution in [0.1, 0.15) is 24.1 Å². The van der Waals surface area contributed by atoms with Gasteiger partial charge in [-0.3, -0.25) is 14.3 Å². The first-order valence-electron chi connectivity index (χ1n) is 10.3. The van der Waals surface area contributed by atoms with Gasteiger partial charge in [0.15, 0.2) is 0 Å². The van der Waals surface area contributed by atoms with E-state index in [1.54, 1.807) is 24.3 Å². The Bertz CT molecular complexity index is 1200. The number of rotatable bonds is 5. The summed E-state index contributed by atoms with van der Waals surface area (Å²) in [5, 5.41) is 20.1. The van der Waals surface area contributed by atoms with Gasteiger partial charge >= 0.3 is 0 Å². The van der Waals surface area contributed by atoms with Gasteiger partial charge < -0.3 is 10.4 Å². The lowest BCUT2D eigenvalue weighted by molar-refractivity contribution is 0.0920. The van der Waals surface area contributed by atoms with E-state index >= 15 is 0 Å². The second-order valence-corrected chi connectivity index (χ2v) is 6.07. The molecule has 2 aromatic heterocycles. The number of aromatic nitrogens is 4. The van der Waals surface area contributed by atoms with Crippen LogP contribution in [0.3, 0.4) is 0 Å². The molecule has 0 bridgehead atoms. The zero-order valence-electron chi connectivity index (χ0n) is 19.0. The lowest BCUT2D eigenvalue weighted by atomic mass is 10.1. The minimum Gasteiger partial charge on any atom is -0.394 e. The Morgan fingerprint density at radius 2 is 2.19 bits per heavy atom. The second-order valence-electron chi connectivity index (χ2n) is 5.63. The van der Waals surface area contributed by atoms with Crippen molar-refractivity contribution in [3.63, 3.8) is 0 Å². The molecule has 0 fully saturated rings. The number of benzene rings is 1. The van der Waals surface area contributed by atoms with Crippen LogP contribution in [0.4, 0.5) is 0 Å². The van der Waals surface area contributed by atoms with Gasteiger partial charge in [0.2, 0.25) is 0 Å². The molecule has 9 heteroatoms. The van der Waals surface area contributed by atoms with Gasteiger partial charge in [-0.2, -0.15) is 14.9 Å². The molecule has 3 rings (SSSR count). The van der Waals surface area contributed by atoms with Gasteiger partial charge in [0.05, 0.1) is 27.4 Å². The lowest BCUT2D eigenvalue weighted by Crippen LogP contribution is -2.39. The molecule has 27 heavy (non-hydrogen) atoms. The van der Waals surface area contributed by atoms with Crippen molar-refractivity contribution in [2.24, 2.45) is 6.98 Å². The highest BCUT2D eigenvalue weighted by Crippen LogP contribution is 2.20. The highest BCUT2D eigenvalue weighted by molar-refractivity contribution is 6.30. The fraction of sp³-hybridized carbons (Fsp3) is 0.222. The number of carbonyl (C=O) groups is 1. The molecule has 1 amide bonds. The van der Waals surface area contributed by atoms with Crippen LogP contribution in [0, 0.1) is 0 Å². The van der Waals surface area contributed by atoms with Gasteiger partial charge in [-0.15, -0.1) is 0 Å². The van der Waals surface area contributed by atoms with Crippen LogP contribution in [0.5, 0.6) is 0 Å². The van der Waals surface area contributed by atoms with Crippen LogP contribution >= 0.6 is 11.6 Å². The SMILES string of the molecule is [2H]C([2H])(O)[C@H](C)NC(=O)c1cc(-c2ccc(Cl)cc2)nn(-c2cnn(C([2H])([2H])[2H])c2)c1=O. The third-order valence-corrected chi connectivity index (χ3v) is 3.90. The van der Waals surface area contributed by atoms with Crippen molar-refractivity contribution < 1.29 is 16.8 Å². The van der Waals surface area contributed by atoms with E-state index in [1.165, 1.54) is 13.0 Å². The number of nitrogens with zero attached hydrogens (tertiary/aromatic N) is 4. The van der Waals surface area contributed by atoms with Crippen molar-refractivity contribution >= 4 is 17.5 Å². The van der Waals surface area contributed by atoms with E-state index in [0.717, 1.165) is 17.1 Å². The third kappa shape index (κ3) is 4.07. The molecule has 0 aliphatic rings. The van der Waals surface area contributed by atoms with Crippen molar-refractivity contribution in [2.45, 2.75) is 13.0 Å². The van der Waals surface area contributed by atoms with Crippen LogP contribution < -0.4 is 10.9 Å². The molecule has 0 saturated carbocycles. The maximum absolute atomic E-state index is 13.0. The van der Waals surface area contributed by atoms with E-state index in [1.807, 2.05) is 0 Å². The van der Waals surface area contributed by atoms with Crippen LogP contribution in [0.2, 0.25) is 5.02 Å². The van der Waals surface area contributed by atoms with Crippen molar-refractivity contribution in [2.75, 3.05) is 6.56 Å². The Morgan fingerprint density at radius 1 is 1.44 bits per heavy atom. The second kappa shape index (κ2) is 7.73. The van der Waals surface area contributed by atoms with Gasteiger partial charge in [-0.1, -0.05) is 23.7 Å². The number of carbonyl (C=O) groups excluding carboxylic acids is 1. The summed E-state index contributed by atoms with van der Waals surface area (Å²) in [6, 6.07) is 6.29. The average molecular weight is 393 g/mol. The van der Waals surface area contributed by atoms with E-state index < -0.39 is 36.6 Å². The van der Waals surface area contributed by atoms with E-state index in [2.05, 4.69) is 15.5 Å². The fourth-order valence-corrected chi connectivity index (χ4v) is 2.45. The fourth-order valence-electron chi connectivity index (χ4n) is 2.32. The predicted octanol–water partition coefficient (Wildman–Crippen LogP) is 1.40. The largest absolute Gasteiger partial charge is 0.394 e. The van der Waals surface area contributed by atoms with Gasteiger partial charge in [-0.05, 0) is 25.1 Å². The first kappa shape index (κ1) is 13.2. The molecule has 0 saturated heterocycles. The Morgan fingerprint density at radius 3 is 2.81 bits per heavy atom. The molecule has 0 aliphatic carbocycles. The summed E-state index contributed by atoms with van der Waals surface area (Å²) in [7, 11) is 0. The summed E-state index contributed by atoms with van der Waals surface area (Å²) in [5.41, 5.74) is -0.598. The normalized spacial score (nSPS) is 15.7. The number of halogens is 1. The average Bonchev–Trinajstić information content (AvgIpc) is 3.18. The molecule has 3 aromatic rings.